The van der Waals surface area contributed by atoms with Crippen LogP contribution in [0.2, 0.25) is 0 Å². The molecular formula is C53H29BF24OS. The van der Waals surface area contributed by atoms with Gasteiger partial charge in [0.15, 0.2) is 25.8 Å². The maximum atomic E-state index is 14.2. The molecule has 7 rings (SSSR count). The summed E-state index contributed by atoms with van der Waals surface area (Å²) in [4.78, 5) is 0.785. The van der Waals surface area contributed by atoms with E-state index in [9.17, 15) is 110 Å². The van der Waals surface area contributed by atoms with E-state index < -0.39 is 205 Å². The molecule has 0 aliphatic heterocycles. The molecule has 0 heterocycles. The maximum absolute atomic E-state index is 14.2. The molecule has 27 heteroatoms. The quantitative estimate of drug-likeness (QED) is 0.0673. The zero-order chi connectivity index (χ0) is 59.9. The van der Waals surface area contributed by atoms with Crippen molar-refractivity contribution >= 4 is 37.9 Å². The van der Waals surface area contributed by atoms with E-state index in [0.717, 1.165) is 16.0 Å². The number of halogens is 24. The van der Waals surface area contributed by atoms with Crippen LogP contribution in [-0.4, -0.2) is 6.15 Å². The van der Waals surface area contributed by atoms with Gasteiger partial charge in [-0.2, -0.15) is 127 Å². The summed E-state index contributed by atoms with van der Waals surface area (Å²) in [5, 5.41) is 3.05. The Kier molecular flexibility index (Phi) is 17.0. The lowest BCUT2D eigenvalue weighted by Crippen LogP contribution is -2.75. The van der Waals surface area contributed by atoms with Crippen LogP contribution in [0.4, 0.5) is 105 Å². The molecule has 0 amide bonds. The van der Waals surface area contributed by atoms with Crippen LogP contribution < -0.4 is 21.9 Å². The van der Waals surface area contributed by atoms with Crippen molar-refractivity contribution in [3.05, 3.63) is 219 Å². The summed E-state index contributed by atoms with van der Waals surface area (Å²) in [5.74, 6) is 3.51. The van der Waals surface area contributed by atoms with Crippen molar-refractivity contribution in [1.82, 2.24) is 0 Å². The molecule has 7 aromatic rings. The Morgan fingerprint density at radius 1 is 0.312 bits per heavy atom. The lowest BCUT2D eigenvalue weighted by molar-refractivity contribution is -0.144. The molecule has 7 aromatic carbocycles. The van der Waals surface area contributed by atoms with E-state index in [1.807, 2.05) is 91.0 Å². The van der Waals surface area contributed by atoms with Gasteiger partial charge in [-0.3, -0.25) is 0 Å². The molecule has 0 radical (unpaired) electrons. The van der Waals surface area contributed by atoms with E-state index in [0.29, 0.717) is 5.75 Å². The Bertz CT molecular complexity index is 2990. The zero-order valence-corrected chi connectivity index (χ0v) is 40.1. The van der Waals surface area contributed by atoms with Gasteiger partial charge >= 0.3 is 49.4 Å². The predicted octanol–water partition coefficient (Wildman–Crippen LogP) is 16.0. The van der Waals surface area contributed by atoms with Crippen LogP contribution in [0, 0.1) is 11.2 Å². The first-order chi connectivity index (χ1) is 36.5. The predicted molar refractivity (Wildman–Crippen MR) is 246 cm³/mol. The monoisotopic (exact) mass is 1180 g/mol. The first-order valence-corrected chi connectivity index (χ1v) is 23.8. The highest BCUT2D eigenvalue weighted by atomic mass is 32.2. The summed E-state index contributed by atoms with van der Waals surface area (Å²) in [6, 6.07) is 20.3. The van der Waals surface area contributed by atoms with Gasteiger partial charge in [0.05, 0.1) is 44.5 Å². The Morgan fingerprint density at radius 3 is 0.775 bits per heavy atom. The van der Waals surface area contributed by atoms with E-state index >= 15 is 0 Å². The molecule has 80 heavy (non-hydrogen) atoms. The molecule has 1 atom stereocenters. The van der Waals surface area contributed by atoms with Crippen LogP contribution in [0.3, 0.4) is 0 Å². The maximum Gasteiger partial charge on any atom is 0.416 e. The molecular weight excluding hydrogens is 1150 g/mol. The fourth-order valence-corrected chi connectivity index (χ4v) is 10.3. The van der Waals surface area contributed by atoms with E-state index in [-0.39, 0.29) is 0 Å². The van der Waals surface area contributed by atoms with Crippen molar-refractivity contribution in [1.29, 1.82) is 0 Å². The van der Waals surface area contributed by atoms with Crippen LogP contribution in [0.15, 0.2) is 169 Å². The molecule has 0 spiro atoms. The third kappa shape index (κ3) is 14.5. The van der Waals surface area contributed by atoms with Crippen molar-refractivity contribution in [2.45, 2.75) is 60.1 Å². The molecule has 0 fully saturated rings. The summed E-state index contributed by atoms with van der Waals surface area (Å²) < 4.78 is 354. The average Bonchev–Trinajstić information content (AvgIpc) is 3.41. The zero-order valence-electron chi connectivity index (χ0n) is 39.3. The standard InChI is InChI=1S/C32H12BF24.C21H17OS/c34-25(35,36)13-1-14(26(37,38)39)6-21(5-13)33(22-7-15(27(40,41)42)2-16(8-22)28(43,44)45,23-9-17(29(46,47)48)3-18(10-23)30(49,50)51)24-11-19(31(52,53)54)4-20(12-24)32(55,56)57;22-23(21-14-8-3-9-15-21,18-20-12-6-2-7-13-20)17-16-19-10-4-1-5-11-19/h1-12H;1-15H,18H2/q-1;+1. The normalized spacial score (nSPS) is 13.8. The van der Waals surface area contributed by atoms with Gasteiger partial charge in [0.25, 0.3) is 0 Å². The minimum absolute atomic E-state index is 0.428. The lowest BCUT2D eigenvalue weighted by Gasteiger charge is -2.46. The molecule has 0 bridgehead atoms. The Balaban J connectivity index is 0.000000370. The van der Waals surface area contributed by atoms with Gasteiger partial charge in [-0.05, 0) is 54.5 Å². The van der Waals surface area contributed by atoms with Crippen molar-refractivity contribution in [3.8, 4) is 11.2 Å². The first-order valence-electron chi connectivity index (χ1n) is 22.1. The summed E-state index contributed by atoms with van der Waals surface area (Å²) in [6.07, 6.45) is -54.8. The average molecular weight is 1180 g/mol. The van der Waals surface area contributed by atoms with E-state index in [2.05, 4.69) is 11.2 Å². The highest BCUT2D eigenvalue weighted by Gasteiger charge is 2.47. The highest BCUT2D eigenvalue weighted by Crippen LogP contribution is 2.41. The van der Waals surface area contributed by atoms with Crippen LogP contribution in [0.1, 0.15) is 55.6 Å². The van der Waals surface area contributed by atoms with Crippen LogP contribution in [-0.2, 0) is 69.3 Å². The Morgan fingerprint density at radius 2 is 0.537 bits per heavy atom. The van der Waals surface area contributed by atoms with Gasteiger partial charge in [0, 0.05) is 11.1 Å². The fraction of sp³-hybridized carbons (Fsp3) is 0.170. The van der Waals surface area contributed by atoms with Crippen molar-refractivity contribution in [3.63, 3.8) is 0 Å². The molecule has 0 aliphatic carbocycles. The number of benzene rings is 7. The van der Waals surface area contributed by atoms with Crippen LogP contribution in [0.5, 0.6) is 0 Å². The molecule has 424 valence electrons. The minimum atomic E-state index is -6.13. The second kappa shape index (κ2) is 21.9. The van der Waals surface area contributed by atoms with Crippen molar-refractivity contribution < 1.29 is 110 Å². The SMILES string of the molecule is FC(F)(F)c1cc([B-](c2cc(C(F)(F)F)cc(C(F)(F)F)c2)(c2cc(C(F)(F)F)cc(C(F)(F)F)c2)c2cc(C(F)(F)F)cc(C(F)(F)F)c2)cc(C(F)(F)F)c1.O=[S+](C#Cc1ccccc1)(Cc1ccccc1)c1ccccc1. The third-order valence-corrected chi connectivity index (χ3v) is 14.1. The van der Waals surface area contributed by atoms with E-state index in [1.165, 1.54) is 0 Å². The van der Waals surface area contributed by atoms with Crippen LogP contribution in [0.25, 0.3) is 0 Å². The van der Waals surface area contributed by atoms with Gasteiger partial charge in [0.1, 0.15) is 6.15 Å². The van der Waals surface area contributed by atoms with Gasteiger partial charge in [-0.15, -0.1) is 0 Å². The summed E-state index contributed by atoms with van der Waals surface area (Å²) in [6.45, 7) is 0. The third-order valence-electron chi connectivity index (χ3n) is 11.9. The summed E-state index contributed by atoms with van der Waals surface area (Å²) in [5.41, 5.74) is -28.3. The number of hydrogen-bond donors (Lipinski definition) is 0. The van der Waals surface area contributed by atoms with Gasteiger partial charge < -0.3 is 0 Å². The molecule has 1 unspecified atom stereocenters. The van der Waals surface area contributed by atoms with E-state index in [1.54, 1.807) is 0 Å². The van der Waals surface area contributed by atoms with Gasteiger partial charge in [-0.1, -0.05) is 119 Å². The molecule has 0 saturated carbocycles. The molecule has 0 N–H and O–H groups in total. The molecule has 1 nitrogen and oxygen atoms in total. The Hall–Kier alpha value is -7.37. The van der Waals surface area contributed by atoms with Crippen molar-refractivity contribution in [2.24, 2.45) is 0 Å². The van der Waals surface area contributed by atoms with E-state index in [4.69, 9.17) is 0 Å². The second-order valence-corrected chi connectivity index (χ2v) is 19.7. The summed E-state index contributed by atoms with van der Waals surface area (Å²) >= 11 is 0. The lowest BCUT2D eigenvalue weighted by atomic mass is 9.12. The minimum Gasteiger partial charge on any atom is -0.194 e. The topological polar surface area (TPSA) is 17.1 Å². The fourth-order valence-electron chi connectivity index (χ4n) is 8.36. The second-order valence-electron chi connectivity index (χ2n) is 17.4. The molecule has 0 aromatic heterocycles. The summed E-state index contributed by atoms with van der Waals surface area (Å²) in [7, 11) is -2.48. The highest BCUT2D eigenvalue weighted by molar-refractivity contribution is 8.06. The first kappa shape index (κ1) is 61.8. The van der Waals surface area contributed by atoms with Crippen molar-refractivity contribution in [2.75, 3.05) is 0 Å². The smallest absolute Gasteiger partial charge is 0.194 e. The number of hydrogen-bond acceptors (Lipinski definition) is 1. The molecule has 0 saturated heterocycles. The largest absolute Gasteiger partial charge is 0.416 e. The van der Waals surface area contributed by atoms with Gasteiger partial charge in [0.2, 0.25) is 0 Å². The van der Waals surface area contributed by atoms with Gasteiger partial charge in [-0.25, -0.2) is 0 Å². The Labute approximate surface area is 437 Å². The molecule has 0 aliphatic rings. The number of alkyl halides is 24. The van der Waals surface area contributed by atoms with Crippen LogP contribution >= 0.6 is 0 Å². The number of rotatable bonds is 7.